The molecule has 0 bridgehead atoms. The highest BCUT2D eigenvalue weighted by Crippen LogP contribution is 2.38. The van der Waals surface area contributed by atoms with Crippen LogP contribution in [-0.2, 0) is 4.79 Å². The van der Waals surface area contributed by atoms with Crippen molar-refractivity contribution in [3.05, 3.63) is 58.6 Å². The maximum atomic E-state index is 12.9. The van der Waals surface area contributed by atoms with Gasteiger partial charge >= 0.3 is 0 Å². The molecule has 0 aromatic heterocycles. The van der Waals surface area contributed by atoms with E-state index in [2.05, 4.69) is 5.10 Å². The molecule has 5 nitrogen and oxygen atoms in total. The van der Waals surface area contributed by atoms with E-state index >= 15 is 0 Å². The molecule has 0 spiro atoms. The first-order valence-corrected chi connectivity index (χ1v) is 9.53. The Hall–Kier alpha value is -2.79. The van der Waals surface area contributed by atoms with Crippen LogP contribution in [0.4, 0.5) is 5.69 Å². The lowest BCUT2D eigenvalue weighted by molar-refractivity contribution is -0.114. The molecule has 2 aromatic rings. The van der Waals surface area contributed by atoms with Gasteiger partial charge in [0, 0.05) is 0 Å². The molecule has 1 heterocycles. The number of hydrogen-bond acceptors (Lipinski definition) is 4. The summed E-state index contributed by atoms with van der Waals surface area (Å²) in [5.74, 6) is 0.855. The van der Waals surface area contributed by atoms with Gasteiger partial charge in [-0.05, 0) is 56.2 Å². The second-order valence-corrected chi connectivity index (χ2v) is 6.97. The molecule has 0 N–H and O–H groups in total. The summed E-state index contributed by atoms with van der Waals surface area (Å²) >= 11 is 6.44. The highest BCUT2D eigenvalue weighted by Gasteiger charge is 2.28. The maximum absolute atomic E-state index is 12.9. The first kappa shape index (κ1) is 20.0. The summed E-state index contributed by atoms with van der Waals surface area (Å²) in [6.45, 7) is 5.82. The van der Waals surface area contributed by atoms with E-state index in [1.54, 1.807) is 19.3 Å². The monoisotopic (exact) mass is 398 g/mol. The number of amides is 1. The highest BCUT2D eigenvalue weighted by molar-refractivity contribution is 6.33. The van der Waals surface area contributed by atoms with Crippen LogP contribution in [0.3, 0.4) is 0 Å². The van der Waals surface area contributed by atoms with Crippen molar-refractivity contribution in [1.82, 2.24) is 0 Å². The number of rotatable bonds is 6. The van der Waals surface area contributed by atoms with Gasteiger partial charge in [0.15, 0.2) is 11.5 Å². The third kappa shape index (κ3) is 4.04. The molecule has 0 saturated heterocycles. The quantitative estimate of drug-likeness (QED) is 0.618. The average Bonchev–Trinajstić information content (AvgIpc) is 2.98. The molecular formula is C22H23ClN2O3. The first-order valence-electron chi connectivity index (χ1n) is 9.15. The fourth-order valence-corrected chi connectivity index (χ4v) is 3.08. The Kier molecular flexibility index (Phi) is 6.05. The normalized spacial score (nSPS) is 16.3. The summed E-state index contributed by atoms with van der Waals surface area (Å²) < 4.78 is 11.3. The summed E-state index contributed by atoms with van der Waals surface area (Å²) in [5, 5.41) is 6.23. The van der Waals surface area contributed by atoms with Crippen LogP contribution < -0.4 is 14.5 Å². The minimum absolute atomic E-state index is 0.0147. The second kappa shape index (κ2) is 8.48. The summed E-state index contributed by atoms with van der Waals surface area (Å²) in [7, 11) is 1.57. The van der Waals surface area contributed by atoms with Crippen LogP contribution in [0, 0.1) is 0 Å². The Bertz CT molecular complexity index is 938. The van der Waals surface area contributed by atoms with Crippen LogP contribution in [0.1, 0.15) is 32.8 Å². The van der Waals surface area contributed by atoms with Crippen molar-refractivity contribution in [1.29, 1.82) is 0 Å². The number of methoxy groups -OCH3 is 1. The number of para-hydroxylation sites is 1. The van der Waals surface area contributed by atoms with E-state index in [1.807, 2.05) is 57.2 Å². The zero-order valence-corrected chi connectivity index (χ0v) is 17.2. The van der Waals surface area contributed by atoms with Gasteiger partial charge < -0.3 is 9.47 Å². The first-order chi connectivity index (χ1) is 13.4. The summed E-state index contributed by atoms with van der Waals surface area (Å²) in [6, 6.07) is 12.9. The van der Waals surface area contributed by atoms with Crippen molar-refractivity contribution in [2.24, 2.45) is 5.10 Å². The van der Waals surface area contributed by atoms with E-state index < -0.39 is 0 Å². The maximum Gasteiger partial charge on any atom is 0.280 e. The molecule has 0 radical (unpaired) electrons. The predicted molar refractivity (Wildman–Crippen MR) is 113 cm³/mol. The Labute approximate surface area is 170 Å². The third-order valence-electron chi connectivity index (χ3n) is 4.52. The molecule has 3 rings (SSSR count). The van der Waals surface area contributed by atoms with Crippen LogP contribution in [-0.4, -0.2) is 24.8 Å². The van der Waals surface area contributed by atoms with Crippen molar-refractivity contribution in [2.45, 2.75) is 33.3 Å². The van der Waals surface area contributed by atoms with E-state index in [-0.39, 0.29) is 12.0 Å². The van der Waals surface area contributed by atoms with Gasteiger partial charge in [-0.1, -0.05) is 36.7 Å². The number of nitrogens with zero attached hydrogens (tertiary/aromatic N) is 2. The molecule has 2 aromatic carbocycles. The van der Waals surface area contributed by atoms with E-state index in [4.69, 9.17) is 21.1 Å². The van der Waals surface area contributed by atoms with Gasteiger partial charge in [-0.15, -0.1) is 0 Å². The van der Waals surface area contributed by atoms with Crippen molar-refractivity contribution < 1.29 is 14.3 Å². The molecule has 0 aliphatic carbocycles. The van der Waals surface area contributed by atoms with E-state index in [9.17, 15) is 4.79 Å². The SMILES string of the molecule is CC[C@H](C)Oc1c(Cl)cc(/C=C2/C(=O)N(c3ccccc3)N=C2C)cc1OC. The topological polar surface area (TPSA) is 51.1 Å². The van der Waals surface area contributed by atoms with Gasteiger partial charge in [-0.3, -0.25) is 4.79 Å². The minimum atomic E-state index is -0.182. The van der Waals surface area contributed by atoms with Crippen LogP contribution in [0.2, 0.25) is 5.02 Å². The zero-order valence-electron chi connectivity index (χ0n) is 16.4. The summed E-state index contributed by atoms with van der Waals surface area (Å²) in [5.41, 5.74) is 2.62. The molecular weight excluding hydrogens is 376 g/mol. The predicted octanol–water partition coefficient (Wildman–Crippen LogP) is 5.33. The molecule has 1 aliphatic heterocycles. The number of hydrazone groups is 1. The lowest BCUT2D eigenvalue weighted by atomic mass is 10.1. The average molecular weight is 399 g/mol. The fraction of sp³-hybridized carbons (Fsp3) is 0.273. The Morgan fingerprint density at radius 2 is 1.96 bits per heavy atom. The van der Waals surface area contributed by atoms with Crippen molar-refractivity contribution in [3.8, 4) is 11.5 Å². The van der Waals surface area contributed by atoms with Crippen molar-refractivity contribution >= 4 is 35.0 Å². The number of hydrogen-bond donors (Lipinski definition) is 0. The Balaban J connectivity index is 1.94. The largest absolute Gasteiger partial charge is 0.493 e. The van der Waals surface area contributed by atoms with Crippen LogP contribution in [0.25, 0.3) is 6.08 Å². The molecule has 1 atom stereocenters. The van der Waals surface area contributed by atoms with Crippen LogP contribution >= 0.6 is 11.6 Å². The highest BCUT2D eigenvalue weighted by atomic mass is 35.5. The van der Waals surface area contributed by atoms with E-state index in [1.165, 1.54) is 5.01 Å². The smallest absolute Gasteiger partial charge is 0.280 e. The Morgan fingerprint density at radius 3 is 2.61 bits per heavy atom. The van der Waals surface area contributed by atoms with E-state index in [0.29, 0.717) is 27.8 Å². The Morgan fingerprint density at radius 1 is 1.25 bits per heavy atom. The molecule has 0 fully saturated rings. The summed E-state index contributed by atoms with van der Waals surface area (Å²) in [4.78, 5) is 12.9. The van der Waals surface area contributed by atoms with Gasteiger partial charge in [-0.25, -0.2) is 0 Å². The lowest BCUT2D eigenvalue weighted by Gasteiger charge is -2.17. The number of benzene rings is 2. The minimum Gasteiger partial charge on any atom is -0.493 e. The number of anilines is 1. The molecule has 0 saturated carbocycles. The van der Waals surface area contributed by atoms with Gasteiger partial charge in [0.2, 0.25) is 0 Å². The lowest BCUT2D eigenvalue weighted by Crippen LogP contribution is -2.21. The molecule has 1 amide bonds. The molecule has 28 heavy (non-hydrogen) atoms. The third-order valence-corrected chi connectivity index (χ3v) is 4.80. The number of ether oxygens (including phenoxy) is 2. The standard InChI is InChI=1S/C22H23ClN2O3/c1-5-14(2)28-21-19(23)12-16(13-20(21)27-4)11-18-15(3)24-25(22(18)26)17-9-7-6-8-10-17/h6-14H,5H2,1-4H3/b18-11+/t14-/m0/s1. The number of carbonyl (C=O) groups excluding carboxylic acids is 1. The number of carbonyl (C=O) groups is 1. The second-order valence-electron chi connectivity index (χ2n) is 6.57. The van der Waals surface area contributed by atoms with Gasteiger partial charge in [0.25, 0.3) is 5.91 Å². The van der Waals surface area contributed by atoms with Crippen LogP contribution in [0.15, 0.2) is 53.1 Å². The van der Waals surface area contributed by atoms with Gasteiger partial charge in [0.1, 0.15) is 0 Å². The molecule has 1 aliphatic rings. The molecule has 0 unspecified atom stereocenters. The van der Waals surface area contributed by atoms with Crippen LogP contribution in [0.5, 0.6) is 11.5 Å². The van der Waals surface area contributed by atoms with Crippen molar-refractivity contribution in [3.63, 3.8) is 0 Å². The number of halogens is 1. The summed E-state index contributed by atoms with van der Waals surface area (Å²) in [6.07, 6.45) is 2.64. The van der Waals surface area contributed by atoms with Crippen molar-refractivity contribution in [2.75, 3.05) is 12.1 Å². The molecule has 6 heteroatoms. The zero-order chi connectivity index (χ0) is 20.3. The fourth-order valence-electron chi connectivity index (χ4n) is 2.82. The molecule has 146 valence electrons. The van der Waals surface area contributed by atoms with E-state index in [0.717, 1.165) is 17.7 Å². The van der Waals surface area contributed by atoms with Gasteiger partial charge in [0.05, 0.1) is 35.2 Å². The van der Waals surface area contributed by atoms with Gasteiger partial charge in [-0.2, -0.15) is 10.1 Å².